The third-order valence-corrected chi connectivity index (χ3v) is 3.76. The van der Waals surface area contributed by atoms with E-state index in [1.165, 1.54) is 6.07 Å². The van der Waals surface area contributed by atoms with Crippen LogP contribution in [0.1, 0.15) is 30.9 Å². The molecule has 2 N–H and O–H groups in total. The van der Waals surface area contributed by atoms with Crippen molar-refractivity contribution in [2.24, 2.45) is 0 Å². The molecule has 3 aromatic rings. The number of hydrogen-bond acceptors (Lipinski definition) is 4. The fourth-order valence-corrected chi connectivity index (χ4v) is 2.59. The van der Waals surface area contributed by atoms with Gasteiger partial charge in [-0.2, -0.15) is 0 Å². The van der Waals surface area contributed by atoms with Crippen molar-refractivity contribution in [3.05, 3.63) is 53.5 Å². The van der Waals surface area contributed by atoms with E-state index in [4.69, 9.17) is 0 Å². The molecule has 0 saturated heterocycles. The zero-order chi connectivity index (χ0) is 16.6. The average Bonchev–Trinajstić information content (AvgIpc) is 2.50. The topological polar surface area (TPSA) is 58.0 Å². The first-order valence-electron chi connectivity index (χ1n) is 7.47. The standard InChI is InChI=1S/C18H18FN3O/c1-10(2)16-15(23)7-4-12-9-20-18(22-17(12)16)21-13-5-6-14(19)11(3)8-13/h4-10,23H,1-3H3,(H,20,21,22). The summed E-state index contributed by atoms with van der Waals surface area (Å²) in [6.07, 6.45) is 1.71. The van der Waals surface area contributed by atoms with Crippen LogP contribution in [0.3, 0.4) is 0 Å². The van der Waals surface area contributed by atoms with Crippen LogP contribution in [0.5, 0.6) is 5.75 Å². The minimum absolute atomic E-state index is 0.134. The van der Waals surface area contributed by atoms with Crippen molar-refractivity contribution in [3.63, 3.8) is 0 Å². The summed E-state index contributed by atoms with van der Waals surface area (Å²) in [6, 6.07) is 8.21. The number of aryl methyl sites for hydroxylation is 1. The van der Waals surface area contributed by atoms with Gasteiger partial charge in [-0.25, -0.2) is 14.4 Å². The Balaban J connectivity index is 2.05. The predicted molar refractivity (Wildman–Crippen MR) is 89.7 cm³/mol. The van der Waals surface area contributed by atoms with E-state index >= 15 is 0 Å². The van der Waals surface area contributed by atoms with Gasteiger partial charge in [-0.3, -0.25) is 0 Å². The summed E-state index contributed by atoms with van der Waals surface area (Å²) >= 11 is 0. The second kappa shape index (κ2) is 5.83. The van der Waals surface area contributed by atoms with Gasteiger partial charge in [-0.05, 0) is 48.7 Å². The Morgan fingerprint density at radius 1 is 1.17 bits per heavy atom. The highest BCUT2D eigenvalue weighted by molar-refractivity contribution is 5.85. The van der Waals surface area contributed by atoms with Crippen LogP contribution in [0, 0.1) is 12.7 Å². The Morgan fingerprint density at radius 3 is 2.65 bits per heavy atom. The quantitative estimate of drug-likeness (QED) is 0.739. The maximum absolute atomic E-state index is 13.3. The first-order chi connectivity index (χ1) is 11.0. The number of rotatable bonds is 3. The third kappa shape index (κ3) is 2.95. The number of aromatic nitrogens is 2. The zero-order valence-electron chi connectivity index (χ0n) is 13.3. The van der Waals surface area contributed by atoms with E-state index in [2.05, 4.69) is 15.3 Å². The lowest BCUT2D eigenvalue weighted by Gasteiger charge is -2.13. The summed E-state index contributed by atoms with van der Waals surface area (Å²) in [5, 5.41) is 14.1. The molecule has 3 rings (SSSR count). The van der Waals surface area contributed by atoms with E-state index < -0.39 is 0 Å². The van der Waals surface area contributed by atoms with Gasteiger partial charge in [0.15, 0.2) is 0 Å². The van der Waals surface area contributed by atoms with Gasteiger partial charge in [0.25, 0.3) is 0 Å². The zero-order valence-corrected chi connectivity index (χ0v) is 13.3. The number of hydrogen-bond donors (Lipinski definition) is 2. The van der Waals surface area contributed by atoms with Crippen molar-refractivity contribution in [3.8, 4) is 5.75 Å². The second-order valence-electron chi connectivity index (χ2n) is 5.87. The van der Waals surface area contributed by atoms with Crippen molar-refractivity contribution in [1.29, 1.82) is 0 Å². The first kappa shape index (κ1) is 15.2. The summed E-state index contributed by atoms with van der Waals surface area (Å²) in [6.45, 7) is 5.72. The van der Waals surface area contributed by atoms with Crippen molar-refractivity contribution in [2.75, 3.05) is 5.32 Å². The number of halogens is 1. The molecule has 0 atom stereocenters. The predicted octanol–water partition coefficient (Wildman–Crippen LogP) is 4.65. The van der Waals surface area contributed by atoms with Gasteiger partial charge >= 0.3 is 0 Å². The van der Waals surface area contributed by atoms with Crippen LogP contribution in [0.25, 0.3) is 10.9 Å². The summed E-state index contributed by atoms with van der Waals surface area (Å²) in [4.78, 5) is 8.82. The molecule has 23 heavy (non-hydrogen) atoms. The van der Waals surface area contributed by atoms with E-state index in [1.807, 2.05) is 13.8 Å². The molecule has 0 aliphatic rings. The number of nitrogens with one attached hydrogen (secondary N) is 1. The molecule has 5 heteroatoms. The molecule has 0 radical (unpaired) electrons. The first-order valence-corrected chi connectivity index (χ1v) is 7.47. The molecule has 0 spiro atoms. The monoisotopic (exact) mass is 311 g/mol. The van der Waals surface area contributed by atoms with Crippen LogP contribution in [0.4, 0.5) is 16.0 Å². The minimum atomic E-state index is -0.248. The highest BCUT2D eigenvalue weighted by Gasteiger charge is 2.13. The largest absolute Gasteiger partial charge is 0.508 e. The van der Waals surface area contributed by atoms with Crippen molar-refractivity contribution < 1.29 is 9.50 Å². The number of benzene rings is 2. The van der Waals surface area contributed by atoms with Crippen LogP contribution in [0.2, 0.25) is 0 Å². The summed E-state index contributed by atoms with van der Waals surface area (Å²) < 4.78 is 13.3. The molecule has 0 aliphatic carbocycles. The van der Waals surface area contributed by atoms with Gasteiger partial charge in [-0.1, -0.05) is 13.8 Å². The molecule has 0 saturated carbocycles. The lowest BCUT2D eigenvalue weighted by atomic mass is 9.99. The molecule has 2 aromatic carbocycles. The maximum Gasteiger partial charge on any atom is 0.227 e. The summed E-state index contributed by atoms with van der Waals surface area (Å²) in [7, 11) is 0. The molecule has 4 nitrogen and oxygen atoms in total. The Labute approximate surface area is 134 Å². The van der Waals surface area contributed by atoms with Gasteiger partial charge in [0.05, 0.1) is 5.52 Å². The Morgan fingerprint density at radius 2 is 1.96 bits per heavy atom. The van der Waals surface area contributed by atoms with E-state index in [9.17, 15) is 9.50 Å². The molecule has 1 heterocycles. The molecular formula is C18H18FN3O. The second-order valence-corrected chi connectivity index (χ2v) is 5.87. The molecule has 0 fully saturated rings. The molecule has 1 aromatic heterocycles. The average molecular weight is 311 g/mol. The van der Waals surface area contributed by atoms with E-state index in [-0.39, 0.29) is 17.5 Å². The van der Waals surface area contributed by atoms with Crippen molar-refractivity contribution in [2.45, 2.75) is 26.7 Å². The smallest absolute Gasteiger partial charge is 0.227 e. The number of fused-ring (bicyclic) bond motifs is 1. The number of phenols is 1. The fourth-order valence-electron chi connectivity index (χ4n) is 2.59. The van der Waals surface area contributed by atoms with E-state index in [0.29, 0.717) is 11.5 Å². The van der Waals surface area contributed by atoms with Crippen LogP contribution >= 0.6 is 0 Å². The Hall–Kier alpha value is -2.69. The van der Waals surface area contributed by atoms with Crippen LogP contribution in [-0.4, -0.2) is 15.1 Å². The number of phenolic OH excluding ortho intramolecular Hbond substituents is 1. The van der Waals surface area contributed by atoms with Gasteiger partial charge in [-0.15, -0.1) is 0 Å². The Kier molecular flexibility index (Phi) is 3.86. The van der Waals surface area contributed by atoms with Crippen LogP contribution < -0.4 is 5.32 Å². The van der Waals surface area contributed by atoms with Crippen molar-refractivity contribution in [1.82, 2.24) is 9.97 Å². The van der Waals surface area contributed by atoms with Gasteiger partial charge in [0.2, 0.25) is 5.95 Å². The summed E-state index contributed by atoms with van der Waals surface area (Å²) in [5.74, 6) is 0.530. The normalized spacial score (nSPS) is 11.2. The van der Waals surface area contributed by atoms with E-state index in [1.54, 1.807) is 37.4 Å². The number of nitrogens with zero attached hydrogens (tertiary/aromatic N) is 2. The SMILES string of the molecule is Cc1cc(Nc2ncc3ccc(O)c(C(C)C)c3n2)ccc1F. The highest BCUT2D eigenvalue weighted by Crippen LogP contribution is 2.32. The Bertz CT molecular complexity index is 878. The van der Waals surface area contributed by atoms with Gasteiger partial charge in [0.1, 0.15) is 11.6 Å². The summed E-state index contributed by atoms with van der Waals surface area (Å²) in [5.41, 5.74) is 2.78. The molecule has 0 bridgehead atoms. The minimum Gasteiger partial charge on any atom is -0.508 e. The molecule has 0 amide bonds. The third-order valence-electron chi connectivity index (χ3n) is 3.76. The molecule has 118 valence electrons. The lowest BCUT2D eigenvalue weighted by Crippen LogP contribution is -2.00. The number of anilines is 2. The molecular weight excluding hydrogens is 293 g/mol. The molecule has 0 aliphatic heterocycles. The number of aromatic hydroxyl groups is 1. The van der Waals surface area contributed by atoms with Crippen LogP contribution in [0.15, 0.2) is 36.5 Å². The van der Waals surface area contributed by atoms with Gasteiger partial charge < -0.3 is 10.4 Å². The van der Waals surface area contributed by atoms with Crippen LogP contribution in [-0.2, 0) is 0 Å². The lowest BCUT2D eigenvalue weighted by molar-refractivity contribution is 0.466. The van der Waals surface area contributed by atoms with Gasteiger partial charge in [0, 0.05) is 22.8 Å². The van der Waals surface area contributed by atoms with Crippen molar-refractivity contribution >= 4 is 22.5 Å². The van der Waals surface area contributed by atoms with E-state index in [0.717, 1.165) is 22.2 Å². The maximum atomic E-state index is 13.3. The molecule has 0 unspecified atom stereocenters. The fraction of sp³-hybridized carbons (Fsp3) is 0.222. The highest BCUT2D eigenvalue weighted by atomic mass is 19.1.